The molecule has 1 saturated carbocycles. The molecule has 1 aromatic rings. The Kier molecular flexibility index (Phi) is 1.22. The molecule has 0 saturated heterocycles. The first-order valence-corrected chi connectivity index (χ1v) is 4.07. The van der Waals surface area contributed by atoms with Gasteiger partial charge in [-0.1, -0.05) is 19.1 Å². The van der Waals surface area contributed by atoms with E-state index in [0.29, 0.717) is 5.41 Å². The van der Waals surface area contributed by atoms with Crippen molar-refractivity contribution in [2.45, 2.75) is 25.2 Å². The lowest BCUT2D eigenvalue weighted by atomic mass is 9.98. The first-order valence-electron chi connectivity index (χ1n) is 4.07. The van der Waals surface area contributed by atoms with E-state index in [2.05, 4.69) is 19.1 Å². The Balaban J connectivity index is 2.33. The van der Waals surface area contributed by atoms with Crippen molar-refractivity contribution in [2.24, 2.45) is 0 Å². The molecule has 1 nitrogen and oxygen atoms in total. The van der Waals surface area contributed by atoms with Crippen LogP contribution in [0.3, 0.4) is 0 Å². The fourth-order valence-corrected chi connectivity index (χ4v) is 1.36. The average Bonchev–Trinajstić information content (AvgIpc) is 2.70. The van der Waals surface area contributed by atoms with Gasteiger partial charge in [-0.05, 0) is 36.0 Å². The van der Waals surface area contributed by atoms with Gasteiger partial charge in [-0.15, -0.1) is 0 Å². The minimum Gasteiger partial charge on any atom is -0.399 e. The zero-order chi connectivity index (χ0) is 7.90. The normalized spacial score (nSPS) is 19.7. The maximum Gasteiger partial charge on any atom is 0.0314 e. The molecule has 1 aliphatic rings. The van der Waals surface area contributed by atoms with Crippen molar-refractivity contribution in [3.63, 3.8) is 0 Å². The smallest absolute Gasteiger partial charge is 0.0314 e. The molecule has 0 amide bonds. The quantitative estimate of drug-likeness (QED) is 0.606. The molecule has 1 aliphatic carbocycles. The summed E-state index contributed by atoms with van der Waals surface area (Å²) in [6.07, 6.45) is 2.66. The highest BCUT2D eigenvalue weighted by molar-refractivity contribution is 5.42. The summed E-state index contributed by atoms with van der Waals surface area (Å²) in [5.74, 6) is 0. The fraction of sp³-hybridized carbons (Fsp3) is 0.400. The van der Waals surface area contributed by atoms with Gasteiger partial charge in [0.1, 0.15) is 0 Å². The topological polar surface area (TPSA) is 26.0 Å². The van der Waals surface area contributed by atoms with Crippen molar-refractivity contribution in [3.8, 4) is 0 Å². The Labute approximate surface area is 67.2 Å². The third kappa shape index (κ3) is 1.11. The van der Waals surface area contributed by atoms with Crippen LogP contribution in [-0.2, 0) is 5.41 Å². The third-order valence-electron chi connectivity index (χ3n) is 2.61. The van der Waals surface area contributed by atoms with Crippen LogP contribution in [0.4, 0.5) is 5.69 Å². The molecule has 2 N–H and O–H groups in total. The van der Waals surface area contributed by atoms with Gasteiger partial charge in [0.05, 0.1) is 0 Å². The SMILES string of the molecule is CC1(c2ccc(N)cc2)CC1. The van der Waals surface area contributed by atoms with Gasteiger partial charge < -0.3 is 5.73 Å². The van der Waals surface area contributed by atoms with Gasteiger partial charge >= 0.3 is 0 Å². The number of hydrogen-bond donors (Lipinski definition) is 1. The Morgan fingerprint density at radius 1 is 1.18 bits per heavy atom. The first kappa shape index (κ1) is 6.71. The molecular formula is C10H13N. The predicted octanol–water partition coefficient (Wildman–Crippen LogP) is 2.32. The van der Waals surface area contributed by atoms with Crippen LogP contribution in [0.2, 0.25) is 0 Å². The van der Waals surface area contributed by atoms with E-state index in [1.165, 1.54) is 18.4 Å². The monoisotopic (exact) mass is 147 g/mol. The first-order chi connectivity index (χ1) is 5.21. The van der Waals surface area contributed by atoms with E-state index in [1.54, 1.807) is 0 Å². The maximum atomic E-state index is 5.59. The highest BCUT2D eigenvalue weighted by Gasteiger charge is 2.38. The number of rotatable bonds is 1. The summed E-state index contributed by atoms with van der Waals surface area (Å²) in [7, 11) is 0. The van der Waals surface area contributed by atoms with Crippen LogP contribution in [0.25, 0.3) is 0 Å². The largest absolute Gasteiger partial charge is 0.399 e. The van der Waals surface area contributed by atoms with Crippen molar-refractivity contribution < 1.29 is 0 Å². The van der Waals surface area contributed by atoms with Gasteiger partial charge in [0.25, 0.3) is 0 Å². The molecule has 0 bridgehead atoms. The number of hydrogen-bond acceptors (Lipinski definition) is 1. The van der Waals surface area contributed by atoms with Crippen molar-refractivity contribution in [1.82, 2.24) is 0 Å². The van der Waals surface area contributed by atoms with Crippen LogP contribution in [-0.4, -0.2) is 0 Å². The number of nitrogen functional groups attached to an aromatic ring is 1. The van der Waals surface area contributed by atoms with Crippen molar-refractivity contribution in [3.05, 3.63) is 29.8 Å². The van der Waals surface area contributed by atoms with Crippen molar-refractivity contribution >= 4 is 5.69 Å². The highest BCUT2D eigenvalue weighted by atomic mass is 14.5. The lowest BCUT2D eigenvalue weighted by Crippen LogP contribution is -1.98. The minimum atomic E-state index is 0.480. The highest BCUT2D eigenvalue weighted by Crippen LogP contribution is 2.47. The fourth-order valence-electron chi connectivity index (χ4n) is 1.36. The van der Waals surface area contributed by atoms with Crippen molar-refractivity contribution in [1.29, 1.82) is 0 Å². The molecule has 2 rings (SSSR count). The lowest BCUT2D eigenvalue weighted by molar-refractivity contribution is 0.788. The van der Waals surface area contributed by atoms with Crippen LogP contribution in [0, 0.1) is 0 Å². The van der Waals surface area contributed by atoms with E-state index in [1.807, 2.05) is 12.1 Å². The number of nitrogens with two attached hydrogens (primary N) is 1. The van der Waals surface area contributed by atoms with Gasteiger partial charge in [0, 0.05) is 5.69 Å². The van der Waals surface area contributed by atoms with Crippen LogP contribution < -0.4 is 5.73 Å². The maximum absolute atomic E-state index is 5.59. The second-order valence-corrected chi connectivity index (χ2v) is 3.68. The van der Waals surface area contributed by atoms with E-state index >= 15 is 0 Å². The molecular weight excluding hydrogens is 134 g/mol. The number of benzene rings is 1. The van der Waals surface area contributed by atoms with Crippen LogP contribution in [0.15, 0.2) is 24.3 Å². The predicted molar refractivity (Wildman–Crippen MR) is 47.4 cm³/mol. The summed E-state index contributed by atoms with van der Waals surface area (Å²) in [6, 6.07) is 8.25. The summed E-state index contributed by atoms with van der Waals surface area (Å²) >= 11 is 0. The van der Waals surface area contributed by atoms with Gasteiger partial charge in [-0.25, -0.2) is 0 Å². The van der Waals surface area contributed by atoms with E-state index in [0.717, 1.165) is 5.69 Å². The Morgan fingerprint density at radius 2 is 1.73 bits per heavy atom. The summed E-state index contributed by atoms with van der Waals surface area (Å²) in [6.45, 7) is 2.30. The molecule has 0 aromatic heterocycles. The Bertz CT molecular complexity index is 257. The number of anilines is 1. The average molecular weight is 147 g/mol. The molecule has 1 aromatic carbocycles. The molecule has 0 aliphatic heterocycles. The van der Waals surface area contributed by atoms with Gasteiger partial charge in [-0.3, -0.25) is 0 Å². The molecule has 58 valence electrons. The van der Waals surface area contributed by atoms with Crippen LogP contribution in [0.1, 0.15) is 25.3 Å². The molecule has 0 atom stereocenters. The molecule has 0 radical (unpaired) electrons. The zero-order valence-electron chi connectivity index (χ0n) is 6.80. The molecule has 0 spiro atoms. The third-order valence-corrected chi connectivity index (χ3v) is 2.61. The molecule has 11 heavy (non-hydrogen) atoms. The summed E-state index contributed by atoms with van der Waals surface area (Å²) in [5.41, 5.74) is 8.37. The Morgan fingerprint density at radius 3 is 2.18 bits per heavy atom. The summed E-state index contributed by atoms with van der Waals surface area (Å²) < 4.78 is 0. The van der Waals surface area contributed by atoms with Gasteiger partial charge in [0.2, 0.25) is 0 Å². The molecule has 1 heteroatoms. The zero-order valence-corrected chi connectivity index (χ0v) is 6.80. The lowest BCUT2D eigenvalue weighted by Gasteiger charge is -2.07. The van der Waals surface area contributed by atoms with E-state index in [9.17, 15) is 0 Å². The second-order valence-electron chi connectivity index (χ2n) is 3.68. The molecule has 1 fully saturated rings. The molecule has 0 heterocycles. The second kappa shape index (κ2) is 2.00. The van der Waals surface area contributed by atoms with Crippen LogP contribution in [0.5, 0.6) is 0 Å². The minimum absolute atomic E-state index is 0.480. The van der Waals surface area contributed by atoms with E-state index in [4.69, 9.17) is 5.73 Å². The molecule has 0 unspecified atom stereocenters. The van der Waals surface area contributed by atoms with Gasteiger partial charge in [-0.2, -0.15) is 0 Å². The van der Waals surface area contributed by atoms with Gasteiger partial charge in [0.15, 0.2) is 0 Å². The van der Waals surface area contributed by atoms with Crippen molar-refractivity contribution in [2.75, 3.05) is 5.73 Å². The van der Waals surface area contributed by atoms with E-state index < -0.39 is 0 Å². The standard InChI is InChI=1S/C10H13N/c1-10(6-7-10)8-2-4-9(11)5-3-8/h2-5H,6-7,11H2,1H3. The summed E-state index contributed by atoms with van der Waals surface area (Å²) in [5, 5.41) is 0. The Hall–Kier alpha value is -0.980. The van der Waals surface area contributed by atoms with Crippen LogP contribution >= 0.6 is 0 Å². The van der Waals surface area contributed by atoms with E-state index in [-0.39, 0.29) is 0 Å². The summed E-state index contributed by atoms with van der Waals surface area (Å²) in [4.78, 5) is 0.